The van der Waals surface area contributed by atoms with Gasteiger partial charge in [0.2, 0.25) is 5.91 Å². The first-order chi connectivity index (χ1) is 27.0. The van der Waals surface area contributed by atoms with Crippen LogP contribution in [0.4, 0.5) is 0 Å². The van der Waals surface area contributed by atoms with E-state index in [4.69, 9.17) is 0 Å². The molecule has 3 unspecified atom stereocenters. The molecule has 3 atom stereocenters. The molecule has 5 heteroatoms. The lowest BCUT2D eigenvalue weighted by atomic mass is 10.0. The summed E-state index contributed by atoms with van der Waals surface area (Å²) in [4.78, 5) is 12.5. The summed E-state index contributed by atoms with van der Waals surface area (Å²) in [5, 5.41) is 33.3. The van der Waals surface area contributed by atoms with Crippen LogP contribution in [0.2, 0.25) is 0 Å². The summed E-state index contributed by atoms with van der Waals surface area (Å²) < 4.78 is 0. The molecule has 0 saturated carbocycles. The molecule has 0 spiro atoms. The molecule has 0 fully saturated rings. The Balaban J connectivity index is 3.63. The molecule has 0 aliphatic carbocycles. The monoisotopic (exact) mass is 776 g/mol. The van der Waals surface area contributed by atoms with Crippen molar-refractivity contribution in [3.8, 4) is 0 Å². The average Bonchev–Trinajstić information content (AvgIpc) is 3.18. The van der Waals surface area contributed by atoms with Gasteiger partial charge in [-0.3, -0.25) is 4.79 Å². The quantitative estimate of drug-likeness (QED) is 0.0366. The average molecular weight is 776 g/mol. The summed E-state index contributed by atoms with van der Waals surface area (Å²) >= 11 is 0. The molecular formula is C50H97NO4. The van der Waals surface area contributed by atoms with Crippen molar-refractivity contribution >= 4 is 5.91 Å². The maximum Gasteiger partial charge on any atom is 0.222 e. The zero-order valence-corrected chi connectivity index (χ0v) is 37.1. The molecule has 0 heterocycles. The van der Waals surface area contributed by atoms with Crippen molar-refractivity contribution < 1.29 is 20.1 Å². The Kier molecular flexibility index (Phi) is 44.6. The number of hydrogen-bond acceptors (Lipinski definition) is 4. The van der Waals surface area contributed by atoms with Crippen LogP contribution >= 0.6 is 0 Å². The molecule has 0 saturated heterocycles. The first-order valence-electron chi connectivity index (χ1n) is 24.6. The van der Waals surface area contributed by atoms with Gasteiger partial charge >= 0.3 is 0 Å². The van der Waals surface area contributed by atoms with E-state index in [9.17, 15) is 20.1 Å². The Morgan fingerprint density at radius 2 is 0.764 bits per heavy atom. The number of aliphatic hydroxyl groups is 3. The van der Waals surface area contributed by atoms with Crippen molar-refractivity contribution in [2.24, 2.45) is 0 Å². The van der Waals surface area contributed by atoms with E-state index in [1.165, 1.54) is 199 Å². The lowest BCUT2D eigenvalue weighted by Gasteiger charge is -2.21. The van der Waals surface area contributed by atoms with Crippen LogP contribution in [-0.4, -0.2) is 46.1 Å². The molecule has 0 rings (SSSR count). The van der Waals surface area contributed by atoms with Crippen molar-refractivity contribution in [3.63, 3.8) is 0 Å². The van der Waals surface area contributed by atoms with E-state index in [0.717, 1.165) is 38.5 Å². The molecule has 1 amide bonds. The fourth-order valence-corrected chi connectivity index (χ4v) is 7.69. The number of rotatable bonds is 45. The summed E-state index contributed by atoms with van der Waals surface area (Å²) in [6, 6.07) is -0.745. The zero-order valence-electron chi connectivity index (χ0n) is 37.1. The zero-order chi connectivity index (χ0) is 40.1. The Morgan fingerprint density at radius 3 is 1.11 bits per heavy atom. The lowest BCUT2D eigenvalue weighted by Crippen LogP contribution is -2.45. The highest BCUT2D eigenvalue weighted by Gasteiger charge is 2.20. The van der Waals surface area contributed by atoms with Crippen LogP contribution in [0.25, 0.3) is 0 Å². The number of amides is 1. The van der Waals surface area contributed by atoms with Crippen LogP contribution in [0, 0.1) is 0 Å². The van der Waals surface area contributed by atoms with Crippen molar-refractivity contribution in [1.82, 2.24) is 5.32 Å². The third kappa shape index (κ3) is 42.3. The fourth-order valence-electron chi connectivity index (χ4n) is 7.69. The number of carbonyl (C=O) groups excluding carboxylic acids is 1. The highest BCUT2D eigenvalue weighted by atomic mass is 16.3. The van der Waals surface area contributed by atoms with E-state index >= 15 is 0 Å². The molecule has 55 heavy (non-hydrogen) atoms. The molecule has 0 aromatic carbocycles. The minimum Gasteiger partial charge on any atom is -0.394 e. The fraction of sp³-hybridized carbons (Fsp3) is 0.900. The number of carbonyl (C=O) groups is 1. The third-order valence-electron chi connectivity index (χ3n) is 11.5. The summed E-state index contributed by atoms with van der Waals surface area (Å²) in [6.45, 7) is 4.23. The van der Waals surface area contributed by atoms with Crippen molar-refractivity contribution in [1.29, 1.82) is 0 Å². The van der Waals surface area contributed by atoms with Crippen molar-refractivity contribution in [2.45, 2.75) is 283 Å². The Bertz CT molecular complexity index is 814. The normalized spacial score (nSPS) is 13.6. The van der Waals surface area contributed by atoms with Gasteiger partial charge in [-0.2, -0.15) is 0 Å². The predicted octanol–water partition coefficient (Wildman–Crippen LogP) is 14.6. The van der Waals surface area contributed by atoms with Gasteiger partial charge in [0.1, 0.15) is 0 Å². The van der Waals surface area contributed by atoms with E-state index in [-0.39, 0.29) is 18.9 Å². The van der Waals surface area contributed by atoms with E-state index in [1.54, 1.807) is 6.08 Å². The molecule has 326 valence electrons. The molecule has 0 aliphatic heterocycles. The van der Waals surface area contributed by atoms with Crippen LogP contribution in [0.5, 0.6) is 0 Å². The van der Waals surface area contributed by atoms with Gasteiger partial charge in [-0.1, -0.05) is 237 Å². The second kappa shape index (κ2) is 45.5. The van der Waals surface area contributed by atoms with E-state index < -0.39 is 18.2 Å². The van der Waals surface area contributed by atoms with Gasteiger partial charge in [-0.25, -0.2) is 0 Å². The van der Waals surface area contributed by atoms with Crippen LogP contribution in [0.3, 0.4) is 0 Å². The molecule has 0 radical (unpaired) electrons. The van der Waals surface area contributed by atoms with E-state index in [0.29, 0.717) is 6.42 Å². The molecule has 0 aromatic rings. The number of aliphatic hydroxyl groups excluding tert-OH is 3. The Morgan fingerprint density at radius 1 is 0.455 bits per heavy atom. The van der Waals surface area contributed by atoms with Crippen LogP contribution in [0.1, 0.15) is 264 Å². The van der Waals surface area contributed by atoms with Gasteiger partial charge in [0.05, 0.1) is 31.3 Å². The number of allylic oxidation sites excluding steroid dienone is 3. The summed E-state index contributed by atoms with van der Waals surface area (Å²) in [5.41, 5.74) is 0. The Labute approximate surface area is 343 Å². The molecule has 0 aromatic heterocycles. The molecule has 0 bridgehead atoms. The molecule has 5 nitrogen and oxygen atoms in total. The smallest absolute Gasteiger partial charge is 0.222 e. The summed E-state index contributed by atoms with van der Waals surface area (Å²) in [6.07, 6.45) is 56.2. The standard InChI is InChI=1S/C50H97NO4/c1-3-5-7-9-11-13-15-17-19-21-23-25-27-29-31-33-35-37-39-41-43-47(53)45-50(55)51-48(46-52)49(54)44-42-40-38-36-34-32-30-28-26-24-22-20-18-16-14-12-10-8-6-4-2/h27,29,42,44,47-49,52-54H,3-26,28,30-41,43,45-46H2,1-2H3,(H,51,55)/b29-27-,44-42+. The van der Waals surface area contributed by atoms with Gasteiger partial charge in [-0.05, 0) is 44.9 Å². The minimum atomic E-state index is -0.930. The van der Waals surface area contributed by atoms with E-state index in [2.05, 4.69) is 31.3 Å². The molecular weight excluding hydrogens is 679 g/mol. The third-order valence-corrected chi connectivity index (χ3v) is 11.5. The van der Waals surface area contributed by atoms with Crippen LogP contribution < -0.4 is 5.32 Å². The van der Waals surface area contributed by atoms with Crippen molar-refractivity contribution in [2.75, 3.05) is 6.61 Å². The lowest BCUT2D eigenvalue weighted by molar-refractivity contribution is -0.124. The number of nitrogens with one attached hydrogen (secondary N) is 1. The number of hydrogen-bond donors (Lipinski definition) is 4. The largest absolute Gasteiger partial charge is 0.394 e. The van der Waals surface area contributed by atoms with E-state index in [1.807, 2.05) is 6.08 Å². The van der Waals surface area contributed by atoms with Gasteiger partial charge < -0.3 is 20.6 Å². The predicted molar refractivity (Wildman–Crippen MR) is 241 cm³/mol. The SMILES string of the molecule is CCCCCCCCCCCCC/C=C\CCCCCCCC(O)CC(=O)NC(CO)C(O)/C=C/CCCCCCCCCCCCCCCCCCCC. The van der Waals surface area contributed by atoms with Gasteiger partial charge in [0.15, 0.2) is 0 Å². The van der Waals surface area contributed by atoms with Crippen LogP contribution in [0.15, 0.2) is 24.3 Å². The topological polar surface area (TPSA) is 89.8 Å². The highest BCUT2D eigenvalue weighted by molar-refractivity contribution is 5.76. The van der Waals surface area contributed by atoms with Gasteiger partial charge in [-0.15, -0.1) is 0 Å². The maximum atomic E-state index is 12.5. The number of unbranched alkanes of at least 4 members (excludes halogenated alkanes) is 34. The highest BCUT2D eigenvalue weighted by Crippen LogP contribution is 2.16. The first-order valence-corrected chi connectivity index (χ1v) is 24.6. The summed E-state index contributed by atoms with van der Waals surface area (Å²) in [7, 11) is 0. The summed E-state index contributed by atoms with van der Waals surface area (Å²) in [5.74, 6) is -0.317. The first kappa shape index (κ1) is 53.8. The second-order valence-corrected chi connectivity index (χ2v) is 17.1. The minimum absolute atomic E-state index is 0.0101. The molecule has 0 aliphatic rings. The van der Waals surface area contributed by atoms with Crippen LogP contribution in [-0.2, 0) is 4.79 Å². The Hall–Kier alpha value is -1.17. The maximum absolute atomic E-state index is 12.5. The van der Waals surface area contributed by atoms with Gasteiger partial charge in [0, 0.05) is 0 Å². The molecule has 4 N–H and O–H groups in total. The van der Waals surface area contributed by atoms with Gasteiger partial charge in [0.25, 0.3) is 0 Å². The van der Waals surface area contributed by atoms with Crippen molar-refractivity contribution in [3.05, 3.63) is 24.3 Å². The second-order valence-electron chi connectivity index (χ2n) is 17.1.